The summed E-state index contributed by atoms with van der Waals surface area (Å²) in [5, 5.41) is 8.87. The summed E-state index contributed by atoms with van der Waals surface area (Å²) in [5.41, 5.74) is 2.80. The lowest BCUT2D eigenvalue weighted by Crippen LogP contribution is -2.22. The molecule has 116 valence electrons. The monoisotopic (exact) mass is 302 g/mol. The van der Waals surface area contributed by atoms with Gasteiger partial charge in [-0.15, -0.1) is 0 Å². The molecule has 0 bridgehead atoms. The van der Waals surface area contributed by atoms with Crippen molar-refractivity contribution in [1.29, 1.82) is 0 Å². The maximum atomic E-state index is 13.8. The second kappa shape index (κ2) is 5.55. The number of nitrogens with zero attached hydrogens (tertiary/aromatic N) is 2. The highest BCUT2D eigenvalue weighted by atomic mass is 19.1. The van der Waals surface area contributed by atoms with Crippen LogP contribution in [-0.4, -0.2) is 20.6 Å². The van der Waals surface area contributed by atoms with Gasteiger partial charge < -0.3 is 9.67 Å². The van der Waals surface area contributed by atoms with Crippen LogP contribution in [-0.2, 0) is 19.4 Å². The molecule has 0 amide bonds. The summed E-state index contributed by atoms with van der Waals surface area (Å²) in [5.74, 6) is -0.704. The normalized spacial score (nSPS) is 20.7. The number of halogens is 1. The van der Waals surface area contributed by atoms with Gasteiger partial charge in [-0.25, -0.2) is 14.2 Å². The Morgan fingerprint density at radius 1 is 1.36 bits per heavy atom. The van der Waals surface area contributed by atoms with Gasteiger partial charge in [0.1, 0.15) is 5.82 Å². The second-order valence-electron chi connectivity index (χ2n) is 6.25. The summed E-state index contributed by atoms with van der Waals surface area (Å²) in [6.45, 7) is 5.00. The van der Waals surface area contributed by atoms with Gasteiger partial charge in [-0.1, -0.05) is 19.9 Å². The van der Waals surface area contributed by atoms with Crippen LogP contribution >= 0.6 is 0 Å². The van der Waals surface area contributed by atoms with Gasteiger partial charge in [0.15, 0.2) is 0 Å². The van der Waals surface area contributed by atoms with Crippen LogP contribution in [0.3, 0.4) is 0 Å². The van der Waals surface area contributed by atoms with Crippen molar-refractivity contribution in [2.45, 2.75) is 33.2 Å². The van der Waals surface area contributed by atoms with E-state index >= 15 is 0 Å². The summed E-state index contributed by atoms with van der Waals surface area (Å²) in [6, 6.07) is 4.28. The number of carboxylic acid groups (broad SMARTS) is 1. The molecule has 2 aromatic rings. The van der Waals surface area contributed by atoms with Gasteiger partial charge in [-0.05, 0) is 42.4 Å². The van der Waals surface area contributed by atoms with E-state index in [0.29, 0.717) is 18.4 Å². The standard InChI is InChI=1S/C17H19FN2O2/c1-10-5-15-16(6-11(10)2)20(9-19-15)8-12-3-4-13(17(21)22)14(18)7-12/h3-4,7,9-11H,5-6,8H2,1-2H3,(H,21,22). The minimum atomic E-state index is -1.24. The van der Waals surface area contributed by atoms with Gasteiger partial charge >= 0.3 is 5.97 Å². The summed E-state index contributed by atoms with van der Waals surface area (Å²) in [7, 11) is 0. The van der Waals surface area contributed by atoms with Crippen molar-refractivity contribution >= 4 is 5.97 Å². The van der Waals surface area contributed by atoms with E-state index in [-0.39, 0.29) is 5.56 Å². The largest absolute Gasteiger partial charge is 0.478 e. The lowest BCUT2D eigenvalue weighted by atomic mass is 9.82. The Kier molecular flexibility index (Phi) is 3.72. The van der Waals surface area contributed by atoms with Crippen LogP contribution in [0.5, 0.6) is 0 Å². The summed E-state index contributed by atoms with van der Waals surface area (Å²) >= 11 is 0. The van der Waals surface area contributed by atoms with Crippen molar-refractivity contribution in [3.05, 3.63) is 52.9 Å². The molecule has 0 saturated carbocycles. The third-order valence-corrected chi connectivity index (χ3v) is 4.65. The highest BCUT2D eigenvalue weighted by Gasteiger charge is 2.25. The highest BCUT2D eigenvalue weighted by molar-refractivity contribution is 5.87. The number of hydrogen-bond acceptors (Lipinski definition) is 2. The SMILES string of the molecule is CC1Cc2ncn(Cc3ccc(C(=O)O)c(F)c3)c2CC1C. The van der Waals surface area contributed by atoms with Crippen molar-refractivity contribution in [3.8, 4) is 0 Å². The average molecular weight is 302 g/mol. The average Bonchev–Trinajstić information content (AvgIpc) is 2.81. The van der Waals surface area contributed by atoms with Crippen molar-refractivity contribution < 1.29 is 14.3 Å². The molecular weight excluding hydrogens is 283 g/mol. The Bertz CT molecular complexity index is 723. The van der Waals surface area contributed by atoms with Crippen LogP contribution in [0, 0.1) is 17.7 Å². The third-order valence-electron chi connectivity index (χ3n) is 4.65. The summed E-state index contributed by atoms with van der Waals surface area (Å²) in [6.07, 6.45) is 3.76. The fraction of sp³-hybridized carbons (Fsp3) is 0.412. The lowest BCUT2D eigenvalue weighted by molar-refractivity contribution is 0.0692. The molecule has 1 aliphatic rings. The van der Waals surface area contributed by atoms with Gasteiger partial charge in [-0.2, -0.15) is 0 Å². The smallest absolute Gasteiger partial charge is 0.338 e. The molecular formula is C17H19FN2O2. The van der Waals surface area contributed by atoms with E-state index < -0.39 is 11.8 Å². The summed E-state index contributed by atoms with van der Waals surface area (Å²) < 4.78 is 15.8. The van der Waals surface area contributed by atoms with E-state index in [1.807, 2.05) is 4.57 Å². The molecule has 2 unspecified atom stereocenters. The van der Waals surface area contributed by atoms with E-state index in [2.05, 4.69) is 18.8 Å². The molecule has 0 spiro atoms. The predicted octanol–water partition coefficient (Wildman–Crippen LogP) is 3.14. The molecule has 0 fully saturated rings. The molecule has 22 heavy (non-hydrogen) atoms. The molecule has 2 atom stereocenters. The van der Waals surface area contributed by atoms with Crippen LogP contribution in [0.15, 0.2) is 24.5 Å². The molecule has 0 radical (unpaired) electrons. The molecule has 0 aliphatic heterocycles. The number of benzene rings is 1. The minimum absolute atomic E-state index is 0.293. The quantitative estimate of drug-likeness (QED) is 0.947. The first-order valence-electron chi connectivity index (χ1n) is 7.50. The van der Waals surface area contributed by atoms with Crippen LogP contribution in [0.25, 0.3) is 0 Å². The topological polar surface area (TPSA) is 55.1 Å². The molecule has 5 heteroatoms. The lowest BCUT2D eigenvalue weighted by Gasteiger charge is -2.26. The molecule has 1 aromatic carbocycles. The number of aromatic nitrogens is 2. The number of carbonyl (C=O) groups is 1. The zero-order chi connectivity index (χ0) is 15.9. The van der Waals surface area contributed by atoms with Crippen LogP contribution in [0.2, 0.25) is 0 Å². The zero-order valence-electron chi connectivity index (χ0n) is 12.7. The van der Waals surface area contributed by atoms with E-state index in [1.54, 1.807) is 12.4 Å². The number of carboxylic acids is 1. The Morgan fingerprint density at radius 2 is 2.09 bits per heavy atom. The first-order chi connectivity index (χ1) is 10.5. The Labute approximate surface area is 128 Å². The molecule has 3 rings (SSSR count). The highest BCUT2D eigenvalue weighted by Crippen LogP contribution is 2.29. The molecule has 0 saturated heterocycles. The van der Waals surface area contributed by atoms with E-state index in [9.17, 15) is 9.18 Å². The molecule has 1 aliphatic carbocycles. The Balaban J connectivity index is 1.86. The maximum Gasteiger partial charge on any atom is 0.338 e. The van der Waals surface area contributed by atoms with E-state index in [4.69, 9.17) is 5.11 Å². The number of imidazole rings is 1. The fourth-order valence-electron chi connectivity index (χ4n) is 3.03. The number of fused-ring (bicyclic) bond motifs is 1. The van der Waals surface area contributed by atoms with Gasteiger partial charge in [0.05, 0.1) is 17.6 Å². The van der Waals surface area contributed by atoms with Crippen molar-refractivity contribution in [2.75, 3.05) is 0 Å². The fourth-order valence-corrected chi connectivity index (χ4v) is 3.03. The summed E-state index contributed by atoms with van der Waals surface area (Å²) in [4.78, 5) is 15.3. The second-order valence-corrected chi connectivity index (χ2v) is 6.25. The van der Waals surface area contributed by atoms with Crippen LogP contribution < -0.4 is 0 Å². The molecule has 1 heterocycles. The van der Waals surface area contributed by atoms with Crippen LogP contribution in [0.1, 0.15) is 41.2 Å². The van der Waals surface area contributed by atoms with Gasteiger partial charge in [0.2, 0.25) is 0 Å². The Morgan fingerprint density at radius 3 is 2.77 bits per heavy atom. The number of aromatic carboxylic acids is 1. The van der Waals surface area contributed by atoms with E-state index in [0.717, 1.165) is 24.1 Å². The minimum Gasteiger partial charge on any atom is -0.478 e. The predicted molar refractivity (Wildman–Crippen MR) is 80.4 cm³/mol. The van der Waals surface area contributed by atoms with Gasteiger partial charge in [0.25, 0.3) is 0 Å². The maximum absolute atomic E-state index is 13.8. The van der Waals surface area contributed by atoms with E-state index in [1.165, 1.54) is 17.8 Å². The zero-order valence-corrected chi connectivity index (χ0v) is 12.7. The van der Waals surface area contributed by atoms with Crippen molar-refractivity contribution in [1.82, 2.24) is 9.55 Å². The molecule has 1 N–H and O–H groups in total. The number of rotatable bonds is 3. The molecule has 4 nitrogen and oxygen atoms in total. The van der Waals surface area contributed by atoms with Gasteiger partial charge in [-0.3, -0.25) is 0 Å². The first kappa shape index (κ1) is 14.8. The third kappa shape index (κ3) is 2.63. The molecule has 1 aromatic heterocycles. The Hall–Kier alpha value is -2.17. The first-order valence-corrected chi connectivity index (χ1v) is 7.50. The number of hydrogen-bond donors (Lipinski definition) is 1. The van der Waals surface area contributed by atoms with Crippen molar-refractivity contribution in [2.24, 2.45) is 11.8 Å². The van der Waals surface area contributed by atoms with Crippen molar-refractivity contribution in [3.63, 3.8) is 0 Å². The van der Waals surface area contributed by atoms with Crippen LogP contribution in [0.4, 0.5) is 4.39 Å². The van der Waals surface area contributed by atoms with Gasteiger partial charge in [0, 0.05) is 12.2 Å².